The van der Waals surface area contributed by atoms with Crippen LogP contribution < -0.4 is 0 Å². The Hall–Kier alpha value is -1.95. The Morgan fingerprint density at radius 2 is 2.06 bits per heavy atom. The number of para-hydroxylation sites is 1. The maximum atomic E-state index is 10.6. The molecule has 16 heavy (non-hydrogen) atoms. The zero-order chi connectivity index (χ0) is 12.1. The Kier molecular flexibility index (Phi) is 3.96. The number of rotatable bonds is 5. The summed E-state index contributed by atoms with van der Waals surface area (Å²) in [6, 6.07) is 6.07. The quantitative estimate of drug-likeness (QED) is 0.574. The Labute approximate surface area is 91.3 Å². The maximum absolute atomic E-state index is 10.6. The zero-order valence-electron chi connectivity index (χ0n) is 8.37. The minimum Gasteiger partial charge on any atom is -0.479 e. The lowest BCUT2D eigenvalue weighted by Gasteiger charge is -2.05. The fourth-order valence-electron chi connectivity index (χ4n) is 1.32. The van der Waals surface area contributed by atoms with Crippen LogP contribution in [0.2, 0.25) is 0 Å². The molecule has 0 saturated heterocycles. The Bertz CT molecular complexity index is 404. The highest BCUT2D eigenvalue weighted by Crippen LogP contribution is 2.19. The van der Waals surface area contributed by atoms with Gasteiger partial charge in [-0.25, -0.2) is 4.79 Å². The standard InChI is InChI=1S/C10H11NO5/c12-9(10(13)14)6-5-7-3-1-2-4-8(7)11(15)16/h1-4,9,12H,5-6H2,(H,13,14)/t9-/m1/s1. The topological polar surface area (TPSA) is 101 Å². The number of nitro groups is 1. The van der Waals surface area contributed by atoms with E-state index in [9.17, 15) is 14.9 Å². The molecule has 2 N–H and O–H groups in total. The van der Waals surface area contributed by atoms with Crippen molar-refractivity contribution in [2.75, 3.05) is 0 Å². The second kappa shape index (κ2) is 5.22. The third-order valence-electron chi connectivity index (χ3n) is 2.16. The van der Waals surface area contributed by atoms with Crippen molar-refractivity contribution >= 4 is 11.7 Å². The van der Waals surface area contributed by atoms with E-state index in [0.29, 0.717) is 5.56 Å². The van der Waals surface area contributed by atoms with Crippen LogP contribution in [0.3, 0.4) is 0 Å². The van der Waals surface area contributed by atoms with E-state index in [-0.39, 0.29) is 18.5 Å². The number of nitrogens with zero attached hydrogens (tertiary/aromatic N) is 1. The first-order valence-electron chi connectivity index (χ1n) is 4.65. The highest BCUT2D eigenvalue weighted by Gasteiger charge is 2.17. The highest BCUT2D eigenvalue weighted by molar-refractivity contribution is 5.71. The molecule has 0 aliphatic heterocycles. The van der Waals surface area contributed by atoms with E-state index in [1.807, 2.05) is 0 Å². The van der Waals surface area contributed by atoms with Crippen LogP contribution in [0, 0.1) is 10.1 Å². The van der Waals surface area contributed by atoms with E-state index in [1.54, 1.807) is 12.1 Å². The van der Waals surface area contributed by atoms with E-state index in [0.717, 1.165) is 0 Å². The van der Waals surface area contributed by atoms with Crippen molar-refractivity contribution in [3.8, 4) is 0 Å². The van der Waals surface area contributed by atoms with Gasteiger partial charge in [0.25, 0.3) is 5.69 Å². The largest absolute Gasteiger partial charge is 0.479 e. The first-order chi connectivity index (χ1) is 7.52. The Morgan fingerprint density at radius 1 is 1.44 bits per heavy atom. The molecule has 0 aliphatic rings. The lowest BCUT2D eigenvalue weighted by atomic mass is 10.1. The summed E-state index contributed by atoms with van der Waals surface area (Å²) < 4.78 is 0. The van der Waals surface area contributed by atoms with E-state index in [2.05, 4.69) is 0 Å². The van der Waals surface area contributed by atoms with E-state index in [1.165, 1.54) is 12.1 Å². The molecule has 0 heterocycles. The summed E-state index contributed by atoms with van der Waals surface area (Å²) in [7, 11) is 0. The molecular weight excluding hydrogens is 214 g/mol. The predicted molar refractivity (Wildman–Crippen MR) is 55.1 cm³/mol. The summed E-state index contributed by atoms with van der Waals surface area (Å²) in [6.07, 6.45) is -1.37. The maximum Gasteiger partial charge on any atom is 0.332 e. The number of carboxylic acids is 1. The normalized spacial score (nSPS) is 12.1. The molecule has 0 unspecified atom stereocenters. The fourth-order valence-corrected chi connectivity index (χ4v) is 1.32. The van der Waals surface area contributed by atoms with Gasteiger partial charge in [0.15, 0.2) is 6.10 Å². The summed E-state index contributed by atoms with van der Waals surface area (Å²) in [4.78, 5) is 20.5. The second-order valence-corrected chi connectivity index (χ2v) is 3.28. The van der Waals surface area contributed by atoms with Crippen molar-refractivity contribution in [3.63, 3.8) is 0 Å². The zero-order valence-corrected chi connectivity index (χ0v) is 8.37. The van der Waals surface area contributed by atoms with Crippen LogP contribution >= 0.6 is 0 Å². The number of hydrogen-bond acceptors (Lipinski definition) is 4. The monoisotopic (exact) mass is 225 g/mol. The van der Waals surface area contributed by atoms with Crippen LogP contribution in [0.4, 0.5) is 5.69 Å². The summed E-state index contributed by atoms with van der Waals surface area (Å²) in [5, 5.41) is 28.1. The van der Waals surface area contributed by atoms with Crippen LogP contribution in [0.25, 0.3) is 0 Å². The number of hydrogen-bond donors (Lipinski definition) is 2. The molecule has 0 aliphatic carbocycles. The van der Waals surface area contributed by atoms with Gasteiger partial charge >= 0.3 is 5.97 Å². The number of aryl methyl sites for hydroxylation is 1. The van der Waals surface area contributed by atoms with Crippen LogP contribution in [-0.2, 0) is 11.2 Å². The van der Waals surface area contributed by atoms with Gasteiger partial charge in [-0.05, 0) is 12.8 Å². The minimum atomic E-state index is -1.49. The summed E-state index contributed by atoms with van der Waals surface area (Å²) in [5.74, 6) is -1.32. The van der Waals surface area contributed by atoms with Crippen molar-refractivity contribution in [2.45, 2.75) is 18.9 Å². The third kappa shape index (κ3) is 3.03. The van der Waals surface area contributed by atoms with Gasteiger partial charge in [-0.3, -0.25) is 10.1 Å². The molecule has 1 aromatic carbocycles. The number of aliphatic hydroxyl groups is 1. The minimum absolute atomic E-state index is 0.0415. The molecule has 0 aromatic heterocycles. The van der Waals surface area contributed by atoms with Gasteiger partial charge in [0.2, 0.25) is 0 Å². The molecule has 1 rings (SSSR count). The Balaban J connectivity index is 2.74. The number of aliphatic carboxylic acids is 1. The first kappa shape index (κ1) is 12.1. The van der Waals surface area contributed by atoms with E-state index < -0.39 is 17.0 Å². The third-order valence-corrected chi connectivity index (χ3v) is 2.16. The molecule has 0 bridgehead atoms. The molecule has 86 valence electrons. The van der Waals surface area contributed by atoms with Gasteiger partial charge in [0.05, 0.1) is 4.92 Å². The lowest BCUT2D eigenvalue weighted by molar-refractivity contribution is -0.385. The van der Waals surface area contributed by atoms with Crippen molar-refractivity contribution < 1.29 is 19.9 Å². The van der Waals surface area contributed by atoms with E-state index >= 15 is 0 Å². The molecule has 6 nitrogen and oxygen atoms in total. The molecule has 0 amide bonds. The van der Waals surface area contributed by atoms with Crippen LogP contribution in [0.5, 0.6) is 0 Å². The molecular formula is C10H11NO5. The van der Waals surface area contributed by atoms with Crippen molar-refractivity contribution in [1.82, 2.24) is 0 Å². The average Bonchev–Trinajstić information content (AvgIpc) is 2.25. The number of benzene rings is 1. The second-order valence-electron chi connectivity index (χ2n) is 3.28. The van der Waals surface area contributed by atoms with Gasteiger partial charge in [-0.1, -0.05) is 18.2 Å². The van der Waals surface area contributed by atoms with Crippen molar-refractivity contribution in [1.29, 1.82) is 0 Å². The number of aliphatic hydroxyl groups excluding tert-OH is 1. The number of carboxylic acid groups (broad SMARTS) is 1. The fraction of sp³-hybridized carbons (Fsp3) is 0.300. The molecule has 0 saturated carbocycles. The average molecular weight is 225 g/mol. The molecule has 0 fully saturated rings. The lowest BCUT2D eigenvalue weighted by Crippen LogP contribution is -2.20. The van der Waals surface area contributed by atoms with Crippen LogP contribution in [0.1, 0.15) is 12.0 Å². The van der Waals surface area contributed by atoms with E-state index in [4.69, 9.17) is 10.2 Å². The van der Waals surface area contributed by atoms with Gasteiger partial charge in [-0.2, -0.15) is 0 Å². The predicted octanol–water partition coefficient (Wildman–Crippen LogP) is 0.973. The number of nitro benzene ring substituents is 1. The van der Waals surface area contributed by atoms with Crippen LogP contribution in [-0.4, -0.2) is 27.2 Å². The first-order valence-corrected chi connectivity index (χ1v) is 4.65. The highest BCUT2D eigenvalue weighted by atomic mass is 16.6. The van der Waals surface area contributed by atoms with Gasteiger partial charge in [0.1, 0.15) is 0 Å². The summed E-state index contributed by atoms with van der Waals surface area (Å²) >= 11 is 0. The molecule has 6 heteroatoms. The van der Waals surface area contributed by atoms with Gasteiger partial charge in [-0.15, -0.1) is 0 Å². The molecule has 0 spiro atoms. The Morgan fingerprint density at radius 3 is 2.62 bits per heavy atom. The van der Waals surface area contributed by atoms with Gasteiger partial charge in [0, 0.05) is 11.6 Å². The SMILES string of the molecule is O=C(O)[C@H](O)CCc1ccccc1[N+](=O)[O-]. The number of carbonyl (C=O) groups is 1. The summed E-state index contributed by atoms with van der Waals surface area (Å²) in [6.45, 7) is 0. The molecule has 1 atom stereocenters. The summed E-state index contributed by atoms with van der Waals surface area (Å²) in [5.41, 5.74) is 0.368. The molecule has 1 aromatic rings. The van der Waals surface area contributed by atoms with Crippen molar-refractivity contribution in [3.05, 3.63) is 39.9 Å². The van der Waals surface area contributed by atoms with Crippen molar-refractivity contribution in [2.24, 2.45) is 0 Å². The van der Waals surface area contributed by atoms with Gasteiger partial charge < -0.3 is 10.2 Å². The van der Waals surface area contributed by atoms with Crippen LogP contribution in [0.15, 0.2) is 24.3 Å². The molecule has 0 radical (unpaired) electrons. The smallest absolute Gasteiger partial charge is 0.332 e.